The molecule has 0 aliphatic heterocycles. The van der Waals surface area contributed by atoms with Crippen molar-refractivity contribution >= 4 is 0 Å². The molecule has 1 heteroatoms. The number of nitrogens with one attached hydrogen (secondary N) is 1. The second-order valence-electron chi connectivity index (χ2n) is 4.72. The zero-order valence-corrected chi connectivity index (χ0v) is 9.92. The minimum Gasteiger partial charge on any atom is -0.313 e. The summed E-state index contributed by atoms with van der Waals surface area (Å²) in [6, 6.07) is 0.758. The van der Waals surface area contributed by atoms with E-state index in [2.05, 4.69) is 38.2 Å². The lowest BCUT2D eigenvalue weighted by atomic mass is 9.79. The molecule has 0 amide bonds. The Bertz CT molecular complexity index is 164. The minimum atomic E-state index is 0.758. The smallest absolute Gasteiger partial charge is 0.0118 e. The van der Waals surface area contributed by atoms with Crippen LogP contribution < -0.4 is 5.32 Å². The SMILES string of the molecule is C/C=C/CCNC1C(C)CCCC1C. The Kier molecular flexibility index (Phi) is 5.24. The minimum absolute atomic E-state index is 0.758. The Morgan fingerprint density at radius 3 is 2.43 bits per heavy atom. The summed E-state index contributed by atoms with van der Waals surface area (Å²) >= 11 is 0. The lowest BCUT2D eigenvalue weighted by molar-refractivity contribution is 0.210. The van der Waals surface area contributed by atoms with Gasteiger partial charge in [0.25, 0.3) is 0 Å². The molecule has 1 aliphatic rings. The Morgan fingerprint density at radius 1 is 1.21 bits per heavy atom. The van der Waals surface area contributed by atoms with Crippen LogP contribution in [0.15, 0.2) is 12.2 Å². The van der Waals surface area contributed by atoms with Gasteiger partial charge in [-0.25, -0.2) is 0 Å². The van der Waals surface area contributed by atoms with E-state index in [1.807, 2.05) is 0 Å². The van der Waals surface area contributed by atoms with Gasteiger partial charge in [-0.1, -0.05) is 32.4 Å². The zero-order chi connectivity index (χ0) is 10.4. The van der Waals surface area contributed by atoms with Crippen LogP contribution in [0, 0.1) is 11.8 Å². The van der Waals surface area contributed by atoms with E-state index in [-0.39, 0.29) is 0 Å². The number of allylic oxidation sites excluding steroid dienone is 1. The molecule has 0 aromatic rings. The van der Waals surface area contributed by atoms with Crippen LogP contribution >= 0.6 is 0 Å². The summed E-state index contributed by atoms with van der Waals surface area (Å²) in [5.74, 6) is 1.73. The molecule has 0 heterocycles. The van der Waals surface area contributed by atoms with Crippen molar-refractivity contribution in [1.82, 2.24) is 5.32 Å². The molecule has 0 aromatic heterocycles. The van der Waals surface area contributed by atoms with E-state index in [0.717, 1.165) is 24.4 Å². The molecule has 0 bridgehead atoms. The first-order valence-electron chi connectivity index (χ1n) is 6.10. The number of hydrogen-bond acceptors (Lipinski definition) is 1. The summed E-state index contributed by atoms with van der Waals surface area (Å²) in [6.07, 6.45) is 9.79. The van der Waals surface area contributed by atoms with E-state index in [9.17, 15) is 0 Å². The van der Waals surface area contributed by atoms with Gasteiger partial charge in [0.2, 0.25) is 0 Å². The van der Waals surface area contributed by atoms with Gasteiger partial charge in [0, 0.05) is 6.04 Å². The topological polar surface area (TPSA) is 12.0 Å². The van der Waals surface area contributed by atoms with Gasteiger partial charge in [-0.3, -0.25) is 0 Å². The summed E-state index contributed by atoms with van der Waals surface area (Å²) in [7, 11) is 0. The third kappa shape index (κ3) is 3.45. The number of rotatable bonds is 4. The zero-order valence-electron chi connectivity index (χ0n) is 9.92. The lowest BCUT2D eigenvalue weighted by Gasteiger charge is -2.35. The van der Waals surface area contributed by atoms with E-state index in [4.69, 9.17) is 0 Å². The average molecular weight is 195 g/mol. The van der Waals surface area contributed by atoms with Crippen molar-refractivity contribution < 1.29 is 0 Å². The molecule has 1 fully saturated rings. The van der Waals surface area contributed by atoms with E-state index in [1.165, 1.54) is 25.7 Å². The Labute approximate surface area is 89.0 Å². The lowest BCUT2D eigenvalue weighted by Crippen LogP contribution is -2.43. The van der Waals surface area contributed by atoms with Gasteiger partial charge in [0.1, 0.15) is 0 Å². The first-order chi connectivity index (χ1) is 6.75. The van der Waals surface area contributed by atoms with Crippen molar-refractivity contribution in [1.29, 1.82) is 0 Å². The molecule has 2 atom stereocenters. The molecule has 0 saturated heterocycles. The molecule has 1 nitrogen and oxygen atoms in total. The fraction of sp³-hybridized carbons (Fsp3) is 0.846. The maximum atomic E-state index is 3.70. The molecule has 0 aromatic carbocycles. The Hall–Kier alpha value is -0.300. The fourth-order valence-electron chi connectivity index (χ4n) is 2.58. The van der Waals surface area contributed by atoms with Crippen molar-refractivity contribution in [2.75, 3.05) is 6.54 Å². The van der Waals surface area contributed by atoms with Gasteiger partial charge in [-0.2, -0.15) is 0 Å². The predicted octanol–water partition coefficient (Wildman–Crippen LogP) is 3.37. The van der Waals surface area contributed by atoms with E-state index >= 15 is 0 Å². The molecule has 1 N–H and O–H groups in total. The molecule has 0 radical (unpaired) electrons. The molecule has 1 aliphatic carbocycles. The molecule has 82 valence electrons. The normalized spacial score (nSPS) is 33.8. The molecule has 1 saturated carbocycles. The van der Waals surface area contributed by atoms with Gasteiger partial charge < -0.3 is 5.32 Å². The summed E-state index contributed by atoms with van der Waals surface area (Å²) in [5.41, 5.74) is 0. The van der Waals surface area contributed by atoms with E-state index in [1.54, 1.807) is 0 Å². The summed E-state index contributed by atoms with van der Waals surface area (Å²) < 4.78 is 0. The molecule has 0 spiro atoms. The van der Waals surface area contributed by atoms with E-state index < -0.39 is 0 Å². The van der Waals surface area contributed by atoms with Crippen LogP contribution in [0.25, 0.3) is 0 Å². The summed E-state index contributed by atoms with van der Waals surface area (Å²) in [5, 5.41) is 3.70. The van der Waals surface area contributed by atoms with Crippen molar-refractivity contribution in [2.45, 2.75) is 52.5 Å². The fourth-order valence-corrected chi connectivity index (χ4v) is 2.58. The van der Waals surface area contributed by atoms with Crippen LogP contribution in [0.5, 0.6) is 0 Å². The predicted molar refractivity (Wildman–Crippen MR) is 63.4 cm³/mol. The highest BCUT2D eigenvalue weighted by atomic mass is 14.9. The second kappa shape index (κ2) is 6.23. The van der Waals surface area contributed by atoms with Crippen molar-refractivity contribution in [3.05, 3.63) is 12.2 Å². The van der Waals surface area contributed by atoms with Gasteiger partial charge in [-0.05, 0) is 44.6 Å². The van der Waals surface area contributed by atoms with Crippen molar-refractivity contribution in [3.8, 4) is 0 Å². The van der Waals surface area contributed by atoms with Gasteiger partial charge in [-0.15, -0.1) is 0 Å². The van der Waals surface area contributed by atoms with Gasteiger partial charge >= 0.3 is 0 Å². The average Bonchev–Trinajstić information content (AvgIpc) is 2.16. The molecular formula is C13H25N. The first-order valence-corrected chi connectivity index (χ1v) is 6.10. The molecule has 1 rings (SSSR count). The van der Waals surface area contributed by atoms with Gasteiger partial charge in [0.05, 0.1) is 0 Å². The van der Waals surface area contributed by atoms with Crippen molar-refractivity contribution in [3.63, 3.8) is 0 Å². The highest BCUT2D eigenvalue weighted by molar-refractivity contribution is 4.85. The van der Waals surface area contributed by atoms with Crippen LogP contribution in [-0.4, -0.2) is 12.6 Å². The Morgan fingerprint density at radius 2 is 1.86 bits per heavy atom. The van der Waals surface area contributed by atoms with Crippen LogP contribution in [-0.2, 0) is 0 Å². The van der Waals surface area contributed by atoms with Crippen LogP contribution in [0.4, 0.5) is 0 Å². The van der Waals surface area contributed by atoms with E-state index in [0.29, 0.717) is 0 Å². The van der Waals surface area contributed by atoms with Crippen LogP contribution in [0.3, 0.4) is 0 Å². The van der Waals surface area contributed by atoms with Crippen LogP contribution in [0.1, 0.15) is 46.5 Å². The molecular weight excluding hydrogens is 170 g/mol. The maximum absolute atomic E-state index is 3.70. The highest BCUT2D eigenvalue weighted by Crippen LogP contribution is 2.28. The standard InChI is InChI=1S/C13H25N/c1-4-5-6-10-14-13-11(2)8-7-9-12(13)3/h4-5,11-14H,6-10H2,1-3H3/b5-4+. The largest absolute Gasteiger partial charge is 0.313 e. The monoisotopic (exact) mass is 195 g/mol. The first kappa shape index (κ1) is 11.8. The second-order valence-corrected chi connectivity index (χ2v) is 4.72. The molecule has 14 heavy (non-hydrogen) atoms. The molecule has 2 unspecified atom stereocenters. The third-order valence-corrected chi connectivity index (χ3v) is 3.47. The third-order valence-electron chi connectivity index (χ3n) is 3.47. The highest BCUT2D eigenvalue weighted by Gasteiger charge is 2.26. The van der Waals surface area contributed by atoms with Crippen molar-refractivity contribution in [2.24, 2.45) is 11.8 Å². The number of hydrogen-bond donors (Lipinski definition) is 1. The Balaban J connectivity index is 2.25. The summed E-state index contributed by atoms with van der Waals surface area (Å²) in [6.45, 7) is 8.02. The van der Waals surface area contributed by atoms with Gasteiger partial charge in [0.15, 0.2) is 0 Å². The quantitative estimate of drug-likeness (QED) is 0.536. The summed E-state index contributed by atoms with van der Waals surface area (Å²) in [4.78, 5) is 0. The van der Waals surface area contributed by atoms with Crippen LogP contribution in [0.2, 0.25) is 0 Å². The maximum Gasteiger partial charge on any atom is 0.0118 e.